The van der Waals surface area contributed by atoms with E-state index >= 15 is 0 Å². The third-order valence-corrected chi connectivity index (χ3v) is 3.44. The molecule has 0 radical (unpaired) electrons. The van der Waals surface area contributed by atoms with Crippen molar-refractivity contribution in [2.24, 2.45) is 5.73 Å². The molecule has 2 N–H and O–H groups in total. The van der Waals surface area contributed by atoms with E-state index in [1.807, 2.05) is 12.3 Å². The van der Waals surface area contributed by atoms with Crippen molar-refractivity contribution in [3.05, 3.63) is 22.3 Å². The van der Waals surface area contributed by atoms with Crippen LogP contribution < -0.4 is 10.6 Å². The summed E-state index contributed by atoms with van der Waals surface area (Å²) in [7, 11) is 0. The van der Waals surface area contributed by atoms with Gasteiger partial charge in [-0.1, -0.05) is 0 Å². The Hall–Kier alpha value is -0.650. The van der Waals surface area contributed by atoms with Crippen LogP contribution in [0.2, 0.25) is 0 Å². The van der Waals surface area contributed by atoms with Gasteiger partial charge in [-0.15, -0.1) is 0 Å². The number of aromatic nitrogens is 1. The summed E-state index contributed by atoms with van der Waals surface area (Å²) in [4.78, 5) is 6.78. The highest BCUT2D eigenvalue weighted by atomic mass is 79.9. The van der Waals surface area contributed by atoms with Crippen molar-refractivity contribution in [1.29, 1.82) is 0 Å². The molecular weight excluding hydrogens is 282 g/mol. The largest absolute Gasteiger partial charge is 0.375 e. The van der Waals surface area contributed by atoms with Crippen molar-refractivity contribution >= 4 is 21.7 Å². The summed E-state index contributed by atoms with van der Waals surface area (Å²) in [5.41, 5.74) is 6.86. The van der Waals surface area contributed by atoms with E-state index in [4.69, 9.17) is 10.5 Å². The molecule has 1 saturated heterocycles. The highest BCUT2D eigenvalue weighted by Gasteiger charge is 2.25. The molecule has 0 amide bonds. The molecule has 5 heteroatoms. The molecule has 2 atom stereocenters. The fourth-order valence-electron chi connectivity index (χ4n) is 2.08. The van der Waals surface area contributed by atoms with Gasteiger partial charge in [0.1, 0.15) is 5.82 Å². The maximum atomic E-state index is 5.79. The number of hydrogen-bond acceptors (Lipinski definition) is 4. The zero-order valence-electron chi connectivity index (χ0n) is 10.2. The second-order valence-electron chi connectivity index (χ2n) is 4.49. The third-order valence-electron chi connectivity index (χ3n) is 3.01. The molecule has 4 nitrogen and oxygen atoms in total. The predicted molar refractivity (Wildman–Crippen MR) is 72.1 cm³/mol. The van der Waals surface area contributed by atoms with Crippen LogP contribution in [0, 0.1) is 0 Å². The van der Waals surface area contributed by atoms with Gasteiger partial charge >= 0.3 is 0 Å². The number of pyridine rings is 1. The lowest BCUT2D eigenvalue weighted by molar-refractivity contribution is 0.0340. The van der Waals surface area contributed by atoms with E-state index in [9.17, 15) is 0 Å². The summed E-state index contributed by atoms with van der Waals surface area (Å²) >= 11 is 3.43. The normalized spacial score (nSPS) is 25.1. The summed E-state index contributed by atoms with van der Waals surface area (Å²) in [5.74, 6) is 0.985. The quantitative estimate of drug-likeness (QED) is 0.906. The van der Waals surface area contributed by atoms with Crippen LogP contribution in [0.4, 0.5) is 5.82 Å². The zero-order valence-corrected chi connectivity index (χ0v) is 11.8. The van der Waals surface area contributed by atoms with Crippen LogP contribution in [0.15, 0.2) is 16.7 Å². The lowest BCUT2D eigenvalue weighted by Crippen LogP contribution is -2.48. The number of rotatable bonds is 2. The maximum Gasteiger partial charge on any atom is 0.133 e. The summed E-state index contributed by atoms with van der Waals surface area (Å²) < 4.78 is 6.60. The molecule has 0 aromatic carbocycles. The second kappa shape index (κ2) is 5.33. The highest BCUT2D eigenvalue weighted by Crippen LogP contribution is 2.25. The van der Waals surface area contributed by atoms with Crippen molar-refractivity contribution in [2.75, 3.05) is 18.1 Å². The Kier molecular flexibility index (Phi) is 4.01. The van der Waals surface area contributed by atoms with Crippen LogP contribution in [0.1, 0.15) is 19.4 Å². The van der Waals surface area contributed by atoms with E-state index in [0.29, 0.717) is 12.6 Å². The van der Waals surface area contributed by atoms with E-state index in [-0.39, 0.29) is 6.10 Å². The molecule has 0 saturated carbocycles. The molecule has 94 valence electrons. The smallest absolute Gasteiger partial charge is 0.133 e. The van der Waals surface area contributed by atoms with E-state index in [1.165, 1.54) is 0 Å². The Balaban J connectivity index is 2.31. The minimum atomic E-state index is 0.238. The SMILES string of the molecule is CC1CN(c2ncc(Br)cc2CN)C(C)CO1. The molecule has 0 spiro atoms. The number of nitrogens with two attached hydrogens (primary N) is 1. The van der Waals surface area contributed by atoms with E-state index in [1.54, 1.807) is 0 Å². The van der Waals surface area contributed by atoms with Crippen molar-refractivity contribution in [2.45, 2.75) is 32.5 Å². The van der Waals surface area contributed by atoms with Crippen molar-refractivity contribution < 1.29 is 4.74 Å². The first kappa shape index (κ1) is 12.8. The second-order valence-corrected chi connectivity index (χ2v) is 5.40. The third kappa shape index (κ3) is 2.78. The van der Waals surface area contributed by atoms with Gasteiger partial charge in [-0.3, -0.25) is 0 Å². The first-order chi connectivity index (χ1) is 8.11. The molecule has 17 heavy (non-hydrogen) atoms. The van der Waals surface area contributed by atoms with Gasteiger partial charge in [-0.2, -0.15) is 0 Å². The van der Waals surface area contributed by atoms with Crippen molar-refractivity contribution in [1.82, 2.24) is 4.98 Å². The summed E-state index contributed by atoms with van der Waals surface area (Å²) in [6.07, 6.45) is 2.06. The molecule has 0 aliphatic carbocycles. The predicted octanol–water partition coefficient (Wildman–Crippen LogP) is 1.92. The lowest BCUT2D eigenvalue weighted by Gasteiger charge is -2.38. The Morgan fingerprint density at radius 1 is 1.59 bits per heavy atom. The van der Waals surface area contributed by atoms with Gasteiger partial charge in [0.25, 0.3) is 0 Å². The molecule has 2 unspecified atom stereocenters. The average Bonchev–Trinajstić information content (AvgIpc) is 2.32. The fraction of sp³-hybridized carbons (Fsp3) is 0.583. The van der Waals surface area contributed by atoms with Gasteiger partial charge in [0.2, 0.25) is 0 Å². The van der Waals surface area contributed by atoms with Crippen LogP contribution in [0.5, 0.6) is 0 Å². The number of ether oxygens (including phenoxy) is 1. The fourth-order valence-corrected chi connectivity index (χ4v) is 2.46. The molecule has 2 rings (SSSR count). The standard InChI is InChI=1S/C12H18BrN3O/c1-8-7-17-9(2)6-16(8)12-10(4-14)3-11(13)5-15-12/h3,5,8-9H,4,6-7,14H2,1-2H3. The zero-order chi connectivity index (χ0) is 12.4. The number of nitrogens with zero attached hydrogens (tertiary/aromatic N) is 2. The highest BCUT2D eigenvalue weighted by molar-refractivity contribution is 9.10. The molecule has 2 heterocycles. The summed E-state index contributed by atoms with van der Waals surface area (Å²) in [6, 6.07) is 2.38. The molecule has 1 aromatic heterocycles. The van der Waals surface area contributed by atoms with E-state index in [0.717, 1.165) is 29.0 Å². The lowest BCUT2D eigenvalue weighted by atomic mass is 10.1. The molecule has 1 aromatic rings. The maximum absolute atomic E-state index is 5.79. The Labute approximate surface area is 110 Å². The van der Waals surface area contributed by atoms with E-state index in [2.05, 4.69) is 39.7 Å². The molecule has 1 fully saturated rings. The minimum Gasteiger partial charge on any atom is -0.375 e. The van der Waals surface area contributed by atoms with Crippen LogP contribution in [0.25, 0.3) is 0 Å². The summed E-state index contributed by atoms with van der Waals surface area (Å²) in [6.45, 7) is 6.34. The van der Waals surface area contributed by atoms with Gasteiger partial charge < -0.3 is 15.4 Å². The first-order valence-electron chi connectivity index (χ1n) is 5.84. The van der Waals surface area contributed by atoms with Crippen molar-refractivity contribution in [3.63, 3.8) is 0 Å². The number of halogens is 1. The van der Waals surface area contributed by atoms with E-state index < -0.39 is 0 Å². The minimum absolute atomic E-state index is 0.238. The van der Waals surface area contributed by atoms with Gasteiger partial charge in [0, 0.05) is 29.3 Å². The number of morpholine rings is 1. The topological polar surface area (TPSA) is 51.4 Å². The van der Waals surface area contributed by atoms with Gasteiger partial charge in [-0.05, 0) is 35.8 Å². The molecular formula is C12H18BrN3O. The molecule has 1 aliphatic heterocycles. The van der Waals surface area contributed by atoms with Crippen molar-refractivity contribution in [3.8, 4) is 0 Å². The Morgan fingerprint density at radius 2 is 2.35 bits per heavy atom. The van der Waals surface area contributed by atoms with Gasteiger partial charge in [0.05, 0.1) is 18.8 Å². The number of anilines is 1. The summed E-state index contributed by atoms with van der Waals surface area (Å²) in [5, 5.41) is 0. The van der Waals surface area contributed by atoms with Gasteiger partial charge in [0.15, 0.2) is 0 Å². The molecule has 0 bridgehead atoms. The van der Waals surface area contributed by atoms with Crippen LogP contribution in [-0.2, 0) is 11.3 Å². The monoisotopic (exact) mass is 299 g/mol. The first-order valence-corrected chi connectivity index (χ1v) is 6.64. The van der Waals surface area contributed by atoms with Crippen LogP contribution >= 0.6 is 15.9 Å². The van der Waals surface area contributed by atoms with Gasteiger partial charge in [-0.25, -0.2) is 4.98 Å². The Morgan fingerprint density at radius 3 is 3.06 bits per heavy atom. The molecule has 1 aliphatic rings. The number of hydrogen-bond donors (Lipinski definition) is 1. The van der Waals surface area contributed by atoms with Crippen LogP contribution in [0.3, 0.4) is 0 Å². The average molecular weight is 300 g/mol. The van der Waals surface area contributed by atoms with Crippen LogP contribution in [-0.4, -0.2) is 30.3 Å². The Bertz CT molecular complexity index is 399.